The Hall–Kier alpha value is -0.380. The highest BCUT2D eigenvalue weighted by Crippen LogP contribution is 2.14. The first-order chi connectivity index (χ1) is 4.23. The molecule has 1 aliphatic heterocycles. The molecule has 9 heavy (non-hydrogen) atoms. The van der Waals surface area contributed by atoms with Crippen molar-refractivity contribution < 1.29 is 4.79 Å². The number of carbonyl (C=O) groups excluding carboxylic acids is 1. The van der Waals surface area contributed by atoms with Crippen molar-refractivity contribution in [2.45, 2.75) is 12.8 Å². The van der Waals surface area contributed by atoms with Crippen LogP contribution in [0, 0.1) is 0 Å². The van der Waals surface area contributed by atoms with Crippen molar-refractivity contribution in [3.8, 4) is 0 Å². The first-order valence-corrected chi connectivity index (χ1v) is 4.01. The summed E-state index contributed by atoms with van der Waals surface area (Å²) in [6.45, 7) is 0. The van der Waals surface area contributed by atoms with Crippen molar-refractivity contribution in [2.75, 3.05) is 11.5 Å². The van der Waals surface area contributed by atoms with E-state index in [0.29, 0.717) is 0 Å². The molecule has 2 amide bonds. The third-order valence-corrected chi connectivity index (χ3v) is 1.98. The summed E-state index contributed by atoms with van der Waals surface area (Å²) in [6.07, 6.45) is 2.93. The van der Waals surface area contributed by atoms with Crippen LogP contribution in [0.4, 0.5) is 4.79 Å². The van der Waals surface area contributed by atoms with Gasteiger partial charge in [-0.3, -0.25) is 0 Å². The molecule has 3 nitrogen and oxygen atoms in total. The van der Waals surface area contributed by atoms with Gasteiger partial charge in [0.05, 0.1) is 0 Å². The lowest BCUT2D eigenvalue weighted by molar-refractivity contribution is 0.256. The normalized spacial score (nSPS) is 16.0. The number of amides is 2. The highest BCUT2D eigenvalue weighted by molar-refractivity contribution is 7.99. The molecular formula is C5H12N2OS. The van der Waals surface area contributed by atoms with Crippen LogP contribution in [0.5, 0.6) is 0 Å². The van der Waals surface area contributed by atoms with Gasteiger partial charge in [0.25, 0.3) is 0 Å². The van der Waals surface area contributed by atoms with E-state index in [1.54, 1.807) is 0 Å². The number of thioether (sulfide) groups is 1. The standard InChI is InChI=1S/C4H8S.CH4N2O/c1-2-4-5-3-1;2-1(3)4/h1-4H2;(H4,2,3,4). The summed E-state index contributed by atoms with van der Waals surface area (Å²) in [7, 11) is 0. The third kappa shape index (κ3) is 11.3. The van der Waals surface area contributed by atoms with Crippen molar-refractivity contribution >= 4 is 17.8 Å². The number of carbonyl (C=O) groups is 1. The van der Waals surface area contributed by atoms with Crippen LogP contribution >= 0.6 is 11.8 Å². The largest absolute Gasteiger partial charge is 0.352 e. The number of primary amides is 2. The predicted octanol–water partition coefficient (Wildman–Crippen LogP) is 0.537. The molecule has 4 N–H and O–H groups in total. The molecule has 0 unspecified atom stereocenters. The molecule has 0 aromatic carbocycles. The molecule has 0 bridgehead atoms. The number of urea groups is 1. The maximum Gasteiger partial charge on any atom is 0.309 e. The van der Waals surface area contributed by atoms with Crippen molar-refractivity contribution in [2.24, 2.45) is 11.5 Å². The lowest BCUT2D eigenvalue weighted by Crippen LogP contribution is -2.18. The van der Waals surface area contributed by atoms with Crippen molar-refractivity contribution in [3.63, 3.8) is 0 Å². The van der Waals surface area contributed by atoms with Gasteiger partial charge >= 0.3 is 6.03 Å². The zero-order valence-corrected chi connectivity index (χ0v) is 6.12. The highest BCUT2D eigenvalue weighted by Gasteiger charge is 1.95. The van der Waals surface area contributed by atoms with Gasteiger partial charge in [0.1, 0.15) is 0 Å². The summed E-state index contributed by atoms with van der Waals surface area (Å²) < 4.78 is 0. The van der Waals surface area contributed by atoms with E-state index < -0.39 is 6.03 Å². The number of nitrogens with two attached hydrogens (primary N) is 2. The molecule has 1 heterocycles. The Kier molecular flexibility index (Phi) is 5.51. The van der Waals surface area contributed by atoms with Crippen molar-refractivity contribution in [1.82, 2.24) is 0 Å². The van der Waals surface area contributed by atoms with E-state index in [0.717, 1.165) is 0 Å². The molecule has 0 spiro atoms. The van der Waals surface area contributed by atoms with E-state index in [1.165, 1.54) is 24.3 Å². The Bertz CT molecular complexity index is 71.4. The molecule has 0 saturated carbocycles. The Morgan fingerprint density at radius 1 is 1.22 bits per heavy atom. The van der Waals surface area contributed by atoms with Gasteiger partial charge in [0.15, 0.2) is 0 Å². The Morgan fingerprint density at radius 3 is 1.67 bits per heavy atom. The summed E-state index contributed by atoms with van der Waals surface area (Å²) in [5, 5.41) is 0. The van der Waals surface area contributed by atoms with E-state index >= 15 is 0 Å². The zero-order chi connectivity index (χ0) is 7.11. The van der Waals surface area contributed by atoms with Gasteiger partial charge in [-0.25, -0.2) is 4.79 Å². The molecule has 1 fully saturated rings. The van der Waals surface area contributed by atoms with Crippen LogP contribution in [-0.2, 0) is 0 Å². The van der Waals surface area contributed by atoms with Gasteiger partial charge in [0.2, 0.25) is 0 Å². The monoisotopic (exact) mass is 148 g/mol. The summed E-state index contributed by atoms with van der Waals surface area (Å²) in [5.41, 5.74) is 8.50. The fourth-order valence-electron chi connectivity index (χ4n) is 0.510. The first-order valence-electron chi connectivity index (χ1n) is 2.86. The summed E-state index contributed by atoms with van der Waals surface area (Å²) >= 11 is 2.07. The Labute approximate surface area is 59.2 Å². The Balaban J connectivity index is 0.000000148. The second-order valence-electron chi connectivity index (χ2n) is 1.72. The second kappa shape index (κ2) is 5.75. The number of hydrogen-bond donors (Lipinski definition) is 2. The SMILES string of the molecule is C1CCSC1.NC(N)=O. The van der Waals surface area contributed by atoms with Crippen LogP contribution in [0.1, 0.15) is 12.8 Å². The number of rotatable bonds is 0. The summed E-state index contributed by atoms with van der Waals surface area (Å²) in [4.78, 5) is 9.00. The maximum absolute atomic E-state index is 9.00. The van der Waals surface area contributed by atoms with Crippen LogP contribution in [0.2, 0.25) is 0 Å². The van der Waals surface area contributed by atoms with E-state index in [2.05, 4.69) is 23.2 Å². The molecule has 1 aliphatic rings. The molecular weight excluding hydrogens is 136 g/mol. The fraction of sp³-hybridized carbons (Fsp3) is 0.800. The van der Waals surface area contributed by atoms with Crippen LogP contribution in [0.15, 0.2) is 0 Å². The molecule has 54 valence electrons. The van der Waals surface area contributed by atoms with E-state index in [-0.39, 0.29) is 0 Å². The smallest absolute Gasteiger partial charge is 0.309 e. The molecule has 1 saturated heterocycles. The molecule has 0 aromatic rings. The molecule has 1 rings (SSSR count). The lowest BCUT2D eigenvalue weighted by atomic mass is 10.4. The molecule has 4 heteroatoms. The van der Waals surface area contributed by atoms with Crippen LogP contribution < -0.4 is 11.5 Å². The molecule has 0 aliphatic carbocycles. The lowest BCUT2D eigenvalue weighted by Gasteiger charge is -1.69. The van der Waals surface area contributed by atoms with Gasteiger partial charge < -0.3 is 11.5 Å². The Morgan fingerprint density at radius 2 is 1.56 bits per heavy atom. The predicted molar refractivity (Wildman–Crippen MR) is 40.3 cm³/mol. The van der Waals surface area contributed by atoms with E-state index in [4.69, 9.17) is 4.79 Å². The van der Waals surface area contributed by atoms with Crippen LogP contribution in [0.25, 0.3) is 0 Å². The maximum atomic E-state index is 9.00. The quantitative estimate of drug-likeness (QED) is 0.526. The van der Waals surface area contributed by atoms with Crippen LogP contribution in [0.3, 0.4) is 0 Å². The average Bonchev–Trinajstić information content (AvgIpc) is 2.11. The minimum Gasteiger partial charge on any atom is -0.352 e. The van der Waals surface area contributed by atoms with Crippen molar-refractivity contribution in [3.05, 3.63) is 0 Å². The molecule has 0 aromatic heterocycles. The van der Waals surface area contributed by atoms with Gasteiger partial charge in [-0.15, -0.1) is 0 Å². The van der Waals surface area contributed by atoms with Crippen LogP contribution in [-0.4, -0.2) is 17.5 Å². The van der Waals surface area contributed by atoms with E-state index in [1.807, 2.05) is 0 Å². The van der Waals surface area contributed by atoms with E-state index in [9.17, 15) is 0 Å². The minimum atomic E-state index is -0.833. The minimum absolute atomic E-state index is 0.833. The highest BCUT2D eigenvalue weighted by atomic mass is 32.2. The van der Waals surface area contributed by atoms with Crippen molar-refractivity contribution in [1.29, 1.82) is 0 Å². The third-order valence-electron chi connectivity index (χ3n) is 0.827. The van der Waals surface area contributed by atoms with Gasteiger partial charge in [-0.05, 0) is 24.3 Å². The van der Waals surface area contributed by atoms with Gasteiger partial charge in [-0.2, -0.15) is 11.8 Å². The summed E-state index contributed by atoms with van der Waals surface area (Å²) in [6, 6.07) is -0.833. The first kappa shape index (κ1) is 8.62. The fourth-order valence-corrected chi connectivity index (χ4v) is 1.53. The molecule has 0 atom stereocenters. The summed E-state index contributed by atoms with van der Waals surface area (Å²) in [5.74, 6) is 2.83. The topological polar surface area (TPSA) is 69.1 Å². The zero-order valence-electron chi connectivity index (χ0n) is 5.30. The molecule has 0 radical (unpaired) electrons. The second-order valence-corrected chi connectivity index (χ2v) is 2.95. The van der Waals surface area contributed by atoms with Gasteiger partial charge in [-0.1, -0.05) is 0 Å². The van der Waals surface area contributed by atoms with Gasteiger partial charge in [0, 0.05) is 0 Å². The number of hydrogen-bond acceptors (Lipinski definition) is 2. The average molecular weight is 148 g/mol.